The predicted molar refractivity (Wildman–Crippen MR) is 194 cm³/mol. The molecule has 0 aromatic heterocycles. The van der Waals surface area contributed by atoms with Crippen molar-refractivity contribution in [2.75, 3.05) is 13.2 Å². The SMILES string of the molecule is CCCCCCCCCCCCCCCC(=O)C1(OCC)O[C@H](CO)[C@@H](O)[C@H](O)[C@]1(O)C(=O)CCCCCCCCCCCCCCC. The van der Waals surface area contributed by atoms with Gasteiger partial charge >= 0.3 is 0 Å². The van der Waals surface area contributed by atoms with Gasteiger partial charge in [0.1, 0.15) is 18.3 Å². The van der Waals surface area contributed by atoms with Crippen LogP contribution in [-0.4, -0.2) is 74.9 Å². The first-order chi connectivity index (χ1) is 23.3. The zero-order valence-corrected chi connectivity index (χ0v) is 31.4. The first kappa shape index (κ1) is 45.1. The third-order valence-electron chi connectivity index (χ3n) is 10.3. The fraction of sp³-hybridized carbons (Fsp3) is 0.950. The molecule has 1 aliphatic heterocycles. The fourth-order valence-corrected chi connectivity index (χ4v) is 7.18. The van der Waals surface area contributed by atoms with E-state index in [0.717, 1.165) is 44.9 Å². The topological polar surface area (TPSA) is 134 Å². The molecule has 4 N–H and O–H groups in total. The summed E-state index contributed by atoms with van der Waals surface area (Å²) >= 11 is 0. The summed E-state index contributed by atoms with van der Waals surface area (Å²) in [7, 11) is 0. The smallest absolute Gasteiger partial charge is 0.269 e. The Kier molecular flexibility index (Phi) is 26.1. The lowest BCUT2D eigenvalue weighted by molar-refractivity contribution is -0.369. The van der Waals surface area contributed by atoms with Crippen LogP contribution in [0, 0.1) is 0 Å². The Bertz CT molecular complexity index is 806. The Morgan fingerprint density at radius 3 is 1.23 bits per heavy atom. The molecule has 0 aromatic rings. The lowest BCUT2D eigenvalue weighted by Gasteiger charge is -2.53. The van der Waals surface area contributed by atoms with Crippen LogP contribution in [0.25, 0.3) is 0 Å². The highest BCUT2D eigenvalue weighted by atomic mass is 16.7. The maximum absolute atomic E-state index is 13.8. The molecule has 48 heavy (non-hydrogen) atoms. The fourth-order valence-electron chi connectivity index (χ4n) is 7.18. The number of carbonyl (C=O) groups excluding carboxylic acids is 2. The van der Waals surface area contributed by atoms with E-state index in [9.17, 15) is 30.0 Å². The molecule has 284 valence electrons. The van der Waals surface area contributed by atoms with Crippen molar-refractivity contribution in [1.29, 1.82) is 0 Å². The van der Waals surface area contributed by atoms with E-state index in [2.05, 4.69) is 13.8 Å². The van der Waals surface area contributed by atoms with E-state index in [4.69, 9.17) is 9.47 Å². The quantitative estimate of drug-likeness (QED) is 0.0505. The van der Waals surface area contributed by atoms with Gasteiger partial charge in [-0.3, -0.25) is 9.59 Å². The standard InChI is InChI=1S/C40H76O8/c1-4-7-9-11-13-15-17-19-21-23-25-27-29-31-35(42)39(46)38(45)37(44)34(33-41)48-40(39,47-6-3)36(43)32-30-28-26-24-22-20-18-16-14-12-10-8-5-2/h34,37-38,41,44-46H,4-33H2,1-3H3/t34-,37-,38+,39-,40?/m1/s1. The van der Waals surface area contributed by atoms with Gasteiger partial charge in [0.2, 0.25) is 5.60 Å². The molecule has 1 unspecified atom stereocenters. The van der Waals surface area contributed by atoms with Crippen molar-refractivity contribution in [3.8, 4) is 0 Å². The summed E-state index contributed by atoms with van der Waals surface area (Å²) in [6, 6.07) is 0. The average Bonchev–Trinajstić information content (AvgIpc) is 3.08. The van der Waals surface area contributed by atoms with Crippen molar-refractivity contribution in [1.82, 2.24) is 0 Å². The zero-order valence-electron chi connectivity index (χ0n) is 31.4. The Hall–Kier alpha value is -0.900. The van der Waals surface area contributed by atoms with Gasteiger partial charge < -0.3 is 29.9 Å². The third kappa shape index (κ3) is 15.6. The van der Waals surface area contributed by atoms with Crippen molar-refractivity contribution < 1.29 is 39.5 Å². The highest BCUT2D eigenvalue weighted by Crippen LogP contribution is 2.43. The van der Waals surface area contributed by atoms with Crippen LogP contribution in [0.4, 0.5) is 0 Å². The van der Waals surface area contributed by atoms with Crippen molar-refractivity contribution >= 4 is 11.6 Å². The lowest BCUT2D eigenvalue weighted by atomic mass is 9.73. The molecule has 0 bridgehead atoms. The number of rotatable bonds is 33. The molecule has 0 aromatic carbocycles. The summed E-state index contributed by atoms with van der Waals surface area (Å²) in [5, 5.41) is 43.6. The molecular formula is C40H76O8. The molecule has 8 nitrogen and oxygen atoms in total. The molecule has 5 atom stereocenters. The Balaban J connectivity index is 2.60. The Morgan fingerprint density at radius 1 is 0.562 bits per heavy atom. The van der Waals surface area contributed by atoms with Crippen LogP contribution < -0.4 is 0 Å². The number of unbranched alkanes of at least 4 members (excludes halogenated alkanes) is 24. The van der Waals surface area contributed by atoms with Crippen molar-refractivity contribution in [3.05, 3.63) is 0 Å². The summed E-state index contributed by atoms with van der Waals surface area (Å²) in [6.45, 7) is 5.32. The van der Waals surface area contributed by atoms with Crippen LogP contribution in [0.15, 0.2) is 0 Å². The number of aliphatic hydroxyl groups excluding tert-OH is 3. The largest absolute Gasteiger partial charge is 0.394 e. The third-order valence-corrected chi connectivity index (χ3v) is 10.3. The van der Waals surface area contributed by atoms with Crippen molar-refractivity contribution in [2.45, 2.75) is 230 Å². The molecule has 1 saturated heterocycles. The highest BCUT2D eigenvalue weighted by molar-refractivity contribution is 5.99. The van der Waals surface area contributed by atoms with E-state index >= 15 is 0 Å². The number of Topliss-reactive ketones (excluding diaryl/α,β-unsaturated/α-hetero) is 2. The number of ether oxygens (including phenoxy) is 2. The molecule has 1 heterocycles. The lowest BCUT2D eigenvalue weighted by Crippen LogP contribution is -2.79. The Labute approximate surface area is 294 Å². The monoisotopic (exact) mass is 685 g/mol. The summed E-state index contributed by atoms with van der Waals surface area (Å²) in [5.74, 6) is -3.91. The highest BCUT2D eigenvalue weighted by Gasteiger charge is 2.71. The second kappa shape index (κ2) is 27.8. The molecule has 0 aliphatic carbocycles. The first-order valence-electron chi connectivity index (χ1n) is 20.3. The van der Waals surface area contributed by atoms with E-state index in [0.29, 0.717) is 12.8 Å². The van der Waals surface area contributed by atoms with Crippen LogP contribution >= 0.6 is 0 Å². The summed E-state index contributed by atoms with van der Waals surface area (Å²) in [6.07, 6.45) is 24.6. The molecule has 1 fully saturated rings. The predicted octanol–water partition coefficient (Wildman–Crippen LogP) is 8.66. The maximum atomic E-state index is 13.8. The van der Waals surface area contributed by atoms with Crippen LogP contribution in [0.3, 0.4) is 0 Å². The second-order valence-electron chi connectivity index (χ2n) is 14.4. The van der Waals surface area contributed by atoms with E-state index < -0.39 is 47.9 Å². The van der Waals surface area contributed by atoms with Gasteiger partial charge in [-0.25, -0.2) is 0 Å². The van der Waals surface area contributed by atoms with Crippen LogP contribution in [-0.2, 0) is 19.1 Å². The van der Waals surface area contributed by atoms with Crippen LogP contribution in [0.2, 0.25) is 0 Å². The van der Waals surface area contributed by atoms with Gasteiger partial charge in [0.15, 0.2) is 11.6 Å². The van der Waals surface area contributed by atoms with E-state index in [1.54, 1.807) is 6.92 Å². The summed E-state index contributed by atoms with van der Waals surface area (Å²) in [4.78, 5) is 27.5. The van der Waals surface area contributed by atoms with Crippen molar-refractivity contribution in [2.24, 2.45) is 0 Å². The zero-order chi connectivity index (χ0) is 35.5. The molecular weight excluding hydrogens is 608 g/mol. The number of carbonyl (C=O) groups is 2. The van der Waals surface area contributed by atoms with Gasteiger partial charge in [0.25, 0.3) is 5.79 Å². The number of hydrogen-bond donors (Lipinski definition) is 4. The average molecular weight is 685 g/mol. The van der Waals surface area contributed by atoms with Gasteiger partial charge in [-0.2, -0.15) is 0 Å². The van der Waals surface area contributed by atoms with E-state index in [-0.39, 0.29) is 19.4 Å². The molecule has 0 amide bonds. The number of hydrogen-bond acceptors (Lipinski definition) is 8. The van der Waals surface area contributed by atoms with Gasteiger partial charge in [0, 0.05) is 19.4 Å². The number of ketones is 2. The van der Waals surface area contributed by atoms with E-state index in [1.807, 2.05) is 0 Å². The normalized spacial score (nSPS) is 24.3. The molecule has 1 aliphatic rings. The first-order valence-corrected chi connectivity index (χ1v) is 20.3. The molecule has 0 saturated carbocycles. The summed E-state index contributed by atoms with van der Waals surface area (Å²) < 4.78 is 11.6. The van der Waals surface area contributed by atoms with Crippen molar-refractivity contribution in [3.63, 3.8) is 0 Å². The van der Waals surface area contributed by atoms with Crippen LogP contribution in [0.1, 0.15) is 201 Å². The molecule has 8 heteroatoms. The Morgan fingerprint density at radius 2 is 0.896 bits per heavy atom. The number of aliphatic hydroxyl groups is 4. The molecule has 0 radical (unpaired) electrons. The van der Waals surface area contributed by atoms with Gasteiger partial charge in [-0.15, -0.1) is 0 Å². The second-order valence-corrected chi connectivity index (χ2v) is 14.4. The van der Waals surface area contributed by atoms with Gasteiger partial charge in [-0.05, 0) is 19.8 Å². The maximum Gasteiger partial charge on any atom is 0.269 e. The summed E-state index contributed by atoms with van der Waals surface area (Å²) in [5.41, 5.74) is -2.78. The molecule has 0 spiro atoms. The van der Waals surface area contributed by atoms with Gasteiger partial charge in [-0.1, -0.05) is 168 Å². The van der Waals surface area contributed by atoms with Gasteiger partial charge in [0.05, 0.1) is 6.61 Å². The minimum atomic E-state index is -2.78. The van der Waals surface area contributed by atoms with Crippen LogP contribution in [0.5, 0.6) is 0 Å². The minimum Gasteiger partial charge on any atom is -0.394 e. The minimum absolute atomic E-state index is 0.00689. The van der Waals surface area contributed by atoms with E-state index in [1.165, 1.54) is 109 Å². The molecule has 1 rings (SSSR count).